The van der Waals surface area contributed by atoms with Crippen molar-refractivity contribution in [2.24, 2.45) is 5.73 Å². The highest BCUT2D eigenvalue weighted by atomic mass is 19.2. The number of halogens is 3. The molecule has 29 heavy (non-hydrogen) atoms. The molecule has 0 saturated carbocycles. The SMILES string of the molecule is N#CC1CCCN1C(=O)Cn1c(N2CC[C@@H](F)[C@H](N)C2)nc2cc(F)c(F)cc21. The van der Waals surface area contributed by atoms with Crippen LogP contribution < -0.4 is 10.6 Å². The van der Waals surface area contributed by atoms with Crippen molar-refractivity contribution >= 4 is 22.9 Å². The maximum absolute atomic E-state index is 13.9. The maximum Gasteiger partial charge on any atom is 0.243 e. The molecule has 1 aromatic heterocycles. The van der Waals surface area contributed by atoms with Gasteiger partial charge < -0.3 is 20.1 Å². The number of imidazole rings is 1. The van der Waals surface area contributed by atoms with E-state index in [1.165, 1.54) is 9.47 Å². The van der Waals surface area contributed by atoms with Gasteiger partial charge in [0.15, 0.2) is 11.6 Å². The van der Waals surface area contributed by atoms with E-state index in [9.17, 15) is 23.2 Å². The summed E-state index contributed by atoms with van der Waals surface area (Å²) in [6, 6.07) is 2.88. The molecule has 10 heteroatoms. The fourth-order valence-electron chi connectivity index (χ4n) is 4.07. The Balaban J connectivity index is 1.73. The molecule has 0 spiro atoms. The number of benzene rings is 1. The molecule has 1 unspecified atom stereocenters. The van der Waals surface area contributed by atoms with E-state index in [4.69, 9.17) is 5.73 Å². The summed E-state index contributed by atoms with van der Waals surface area (Å²) in [5, 5.41) is 9.25. The number of aromatic nitrogens is 2. The number of hydrogen-bond acceptors (Lipinski definition) is 5. The van der Waals surface area contributed by atoms with Crippen LogP contribution in [0.1, 0.15) is 19.3 Å². The third-order valence-electron chi connectivity index (χ3n) is 5.64. The highest BCUT2D eigenvalue weighted by Crippen LogP contribution is 2.28. The molecule has 2 aromatic rings. The highest BCUT2D eigenvalue weighted by molar-refractivity contribution is 5.84. The van der Waals surface area contributed by atoms with Gasteiger partial charge in [0.2, 0.25) is 11.9 Å². The van der Waals surface area contributed by atoms with Crippen molar-refractivity contribution in [1.29, 1.82) is 5.26 Å². The van der Waals surface area contributed by atoms with Crippen molar-refractivity contribution < 1.29 is 18.0 Å². The number of nitriles is 1. The van der Waals surface area contributed by atoms with Crippen molar-refractivity contribution in [2.45, 2.75) is 44.1 Å². The zero-order valence-corrected chi connectivity index (χ0v) is 15.7. The lowest BCUT2D eigenvalue weighted by atomic mass is 10.1. The second kappa shape index (κ2) is 7.55. The van der Waals surface area contributed by atoms with E-state index < -0.39 is 29.9 Å². The molecule has 2 aliphatic heterocycles. The number of piperidine rings is 1. The van der Waals surface area contributed by atoms with Crippen LogP contribution in [0.15, 0.2) is 12.1 Å². The molecule has 154 valence electrons. The Hall–Kier alpha value is -2.80. The number of likely N-dealkylation sites (tertiary alicyclic amines) is 1. The Bertz CT molecular complexity index is 986. The molecule has 2 N–H and O–H groups in total. The van der Waals surface area contributed by atoms with Crippen LogP contribution in [0.25, 0.3) is 11.0 Å². The predicted octanol–water partition coefficient (Wildman–Crippen LogP) is 1.70. The van der Waals surface area contributed by atoms with Gasteiger partial charge in [-0.25, -0.2) is 18.2 Å². The molecular weight excluding hydrogens is 385 g/mol. The summed E-state index contributed by atoms with van der Waals surface area (Å²) < 4.78 is 42.9. The van der Waals surface area contributed by atoms with Gasteiger partial charge in [0.05, 0.1) is 23.1 Å². The summed E-state index contributed by atoms with van der Waals surface area (Å²) in [5.74, 6) is -2.08. The molecule has 0 aliphatic carbocycles. The Labute approximate surface area is 165 Å². The lowest BCUT2D eigenvalue weighted by Crippen LogP contribution is -2.50. The third-order valence-corrected chi connectivity index (χ3v) is 5.64. The topological polar surface area (TPSA) is 91.2 Å². The summed E-state index contributed by atoms with van der Waals surface area (Å²) in [6.07, 6.45) is 0.407. The Morgan fingerprint density at radius 3 is 2.76 bits per heavy atom. The quantitative estimate of drug-likeness (QED) is 0.838. The van der Waals surface area contributed by atoms with Gasteiger partial charge in [0.1, 0.15) is 18.8 Å². The van der Waals surface area contributed by atoms with Crippen LogP contribution in [0.3, 0.4) is 0 Å². The minimum Gasteiger partial charge on any atom is -0.340 e. The first-order valence-corrected chi connectivity index (χ1v) is 9.58. The van der Waals surface area contributed by atoms with Crippen LogP contribution in [-0.4, -0.2) is 58.2 Å². The van der Waals surface area contributed by atoms with Gasteiger partial charge in [-0.15, -0.1) is 0 Å². The van der Waals surface area contributed by atoms with E-state index in [0.29, 0.717) is 25.5 Å². The average molecular weight is 406 g/mol. The number of alkyl halides is 1. The second-order valence-electron chi connectivity index (χ2n) is 7.54. The molecule has 0 radical (unpaired) electrons. The van der Waals surface area contributed by atoms with Gasteiger partial charge in [-0.05, 0) is 19.3 Å². The number of nitrogens with two attached hydrogens (primary N) is 1. The lowest BCUT2D eigenvalue weighted by molar-refractivity contribution is -0.131. The van der Waals surface area contributed by atoms with Gasteiger partial charge in [0.25, 0.3) is 0 Å². The summed E-state index contributed by atoms with van der Waals surface area (Å²) in [4.78, 5) is 20.5. The number of amides is 1. The van der Waals surface area contributed by atoms with Crippen molar-refractivity contribution in [3.8, 4) is 6.07 Å². The van der Waals surface area contributed by atoms with E-state index in [1.54, 1.807) is 4.90 Å². The average Bonchev–Trinajstić information content (AvgIpc) is 3.30. The molecule has 0 bridgehead atoms. The number of hydrogen-bond donors (Lipinski definition) is 1. The van der Waals surface area contributed by atoms with E-state index in [-0.39, 0.29) is 36.5 Å². The van der Waals surface area contributed by atoms with Crippen molar-refractivity contribution in [2.75, 3.05) is 24.5 Å². The molecule has 2 saturated heterocycles. The van der Waals surface area contributed by atoms with Crippen LogP contribution >= 0.6 is 0 Å². The van der Waals surface area contributed by atoms with Gasteiger partial charge in [-0.1, -0.05) is 0 Å². The largest absolute Gasteiger partial charge is 0.340 e. The molecule has 2 fully saturated rings. The smallest absolute Gasteiger partial charge is 0.243 e. The maximum atomic E-state index is 13.9. The molecule has 1 amide bonds. The van der Waals surface area contributed by atoms with Crippen molar-refractivity contribution in [3.05, 3.63) is 23.8 Å². The summed E-state index contributed by atoms with van der Waals surface area (Å²) in [7, 11) is 0. The van der Waals surface area contributed by atoms with Gasteiger partial charge in [0, 0.05) is 31.8 Å². The first kappa shape index (κ1) is 19.5. The monoisotopic (exact) mass is 406 g/mol. The van der Waals surface area contributed by atoms with Crippen LogP contribution in [0.4, 0.5) is 19.1 Å². The number of rotatable bonds is 3. The summed E-state index contributed by atoms with van der Waals surface area (Å²) in [5.41, 5.74) is 6.31. The fraction of sp³-hybridized carbons (Fsp3) is 0.526. The highest BCUT2D eigenvalue weighted by Gasteiger charge is 2.32. The minimum absolute atomic E-state index is 0.175. The number of anilines is 1. The summed E-state index contributed by atoms with van der Waals surface area (Å²) in [6.45, 7) is 0.788. The van der Waals surface area contributed by atoms with Gasteiger partial charge >= 0.3 is 0 Å². The number of carbonyl (C=O) groups is 1. The molecule has 7 nitrogen and oxygen atoms in total. The fourth-order valence-corrected chi connectivity index (χ4v) is 4.07. The van der Waals surface area contributed by atoms with Crippen molar-refractivity contribution in [1.82, 2.24) is 14.5 Å². The molecule has 4 rings (SSSR count). The van der Waals surface area contributed by atoms with Crippen LogP contribution in [-0.2, 0) is 11.3 Å². The lowest BCUT2D eigenvalue weighted by Gasteiger charge is -2.34. The normalized spacial score (nSPS) is 24.9. The Kier molecular flexibility index (Phi) is 5.08. The Morgan fingerprint density at radius 2 is 2.03 bits per heavy atom. The summed E-state index contributed by atoms with van der Waals surface area (Å²) >= 11 is 0. The number of carbonyl (C=O) groups excluding carboxylic acids is 1. The standard InChI is InChI=1S/C19H21F3N6O/c20-12-3-5-26(9-15(12)24)19-25-16-6-13(21)14(22)7-17(16)28(19)10-18(29)27-4-1-2-11(27)8-23/h6-7,11-12,15H,1-5,9-10,24H2/t11?,12-,15-/m1/s1. The second-order valence-corrected chi connectivity index (χ2v) is 7.54. The molecular formula is C19H21F3N6O. The molecule has 3 heterocycles. The van der Waals surface area contributed by atoms with E-state index in [0.717, 1.165) is 18.6 Å². The van der Waals surface area contributed by atoms with Crippen LogP contribution in [0.5, 0.6) is 0 Å². The zero-order chi connectivity index (χ0) is 20.7. The first-order chi connectivity index (χ1) is 13.9. The van der Waals surface area contributed by atoms with E-state index in [2.05, 4.69) is 11.1 Å². The van der Waals surface area contributed by atoms with Crippen LogP contribution in [0.2, 0.25) is 0 Å². The third kappa shape index (κ3) is 3.51. The molecule has 1 aromatic carbocycles. The number of nitrogens with zero attached hydrogens (tertiary/aromatic N) is 5. The van der Waals surface area contributed by atoms with E-state index in [1.807, 2.05) is 0 Å². The molecule has 3 atom stereocenters. The zero-order valence-electron chi connectivity index (χ0n) is 15.7. The van der Waals surface area contributed by atoms with Crippen molar-refractivity contribution in [3.63, 3.8) is 0 Å². The molecule has 2 aliphatic rings. The number of fused-ring (bicyclic) bond motifs is 1. The minimum atomic E-state index is -1.14. The van der Waals surface area contributed by atoms with Gasteiger partial charge in [-0.2, -0.15) is 5.26 Å². The first-order valence-electron chi connectivity index (χ1n) is 9.58. The van der Waals surface area contributed by atoms with E-state index >= 15 is 0 Å². The van der Waals surface area contributed by atoms with Crippen LogP contribution in [0, 0.1) is 23.0 Å². The van der Waals surface area contributed by atoms with Gasteiger partial charge in [-0.3, -0.25) is 4.79 Å². The Morgan fingerprint density at radius 1 is 1.28 bits per heavy atom. The predicted molar refractivity (Wildman–Crippen MR) is 99.7 cm³/mol.